The number of rotatable bonds is 2. The summed E-state index contributed by atoms with van der Waals surface area (Å²) in [4.78, 5) is 0. The lowest BCUT2D eigenvalue weighted by Gasteiger charge is -2.14. The highest BCUT2D eigenvalue weighted by molar-refractivity contribution is 7.08. The predicted octanol–water partition coefficient (Wildman–Crippen LogP) is 3.90. The average Bonchev–Trinajstić information content (AvgIpc) is 2.77. The number of hydrogen-bond acceptors (Lipinski definition) is 2. The van der Waals surface area contributed by atoms with Gasteiger partial charge in [0, 0.05) is 10.6 Å². The second-order valence-electron chi connectivity index (χ2n) is 3.63. The molecule has 2 N–H and O–H groups in total. The fraction of sp³-hybridized carbons (Fsp3) is 0.167. The van der Waals surface area contributed by atoms with Crippen molar-refractivity contribution in [2.75, 3.05) is 0 Å². The Kier molecular flexibility index (Phi) is 3.28. The zero-order valence-electron chi connectivity index (χ0n) is 8.71. The van der Waals surface area contributed by atoms with Crippen molar-refractivity contribution in [3.05, 3.63) is 56.5 Å². The van der Waals surface area contributed by atoms with Crippen LogP contribution in [-0.2, 0) is 0 Å². The quantitative estimate of drug-likeness (QED) is 0.866. The molecule has 2 rings (SSSR count). The molecule has 0 amide bonds. The van der Waals surface area contributed by atoms with E-state index < -0.39 is 6.04 Å². The fourth-order valence-corrected chi connectivity index (χ4v) is 2.54. The fourth-order valence-electron chi connectivity index (χ4n) is 1.58. The SMILES string of the molecule is Cc1ccc(Cl)c([C@H](N)c2ccsc2)c1F. The molecule has 4 heteroatoms. The van der Waals surface area contributed by atoms with E-state index in [-0.39, 0.29) is 5.82 Å². The second kappa shape index (κ2) is 4.53. The molecule has 0 spiro atoms. The van der Waals surface area contributed by atoms with Gasteiger partial charge in [-0.15, -0.1) is 0 Å². The molecule has 2 aromatic rings. The summed E-state index contributed by atoms with van der Waals surface area (Å²) in [6, 6.07) is 4.72. The third-order valence-electron chi connectivity index (χ3n) is 2.53. The summed E-state index contributed by atoms with van der Waals surface area (Å²) in [5.41, 5.74) is 7.83. The Labute approximate surface area is 103 Å². The number of hydrogen-bond donors (Lipinski definition) is 1. The molecule has 1 heterocycles. The Bertz CT molecular complexity index is 496. The summed E-state index contributed by atoms with van der Waals surface area (Å²) in [5, 5.41) is 4.20. The molecule has 0 bridgehead atoms. The van der Waals surface area contributed by atoms with Gasteiger partial charge in [0.1, 0.15) is 5.82 Å². The minimum absolute atomic E-state index is 0.314. The standard InChI is InChI=1S/C12H11ClFNS/c1-7-2-3-9(13)10(11(7)14)12(15)8-4-5-16-6-8/h2-6,12H,15H2,1H3/t12-/m1/s1. The number of benzene rings is 1. The third kappa shape index (κ3) is 1.98. The molecular weight excluding hydrogens is 245 g/mol. The molecule has 0 aliphatic rings. The van der Waals surface area contributed by atoms with E-state index in [9.17, 15) is 4.39 Å². The monoisotopic (exact) mass is 255 g/mol. The molecule has 0 fully saturated rings. The van der Waals surface area contributed by atoms with Crippen LogP contribution < -0.4 is 5.73 Å². The predicted molar refractivity (Wildman–Crippen MR) is 66.5 cm³/mol. The summed E-state index contributed by atoms with van der Waals surface area (Å²) < 4.78 is 13.9. The Hall–Kier alpha value is -0.900. The zero-order valence-corrected chi connectivity index (χ0v) is 10.3. The molecule has 1 atom stereocenters. The summed E-state index contributed by atoms with van der Waals surface area (Å²) in [6.07, 6.45) is 0. The molecule has 1 aromatic heterocycles. The topological polar surface area (TPSA) is 26.0 Å². The lowest BCUT2D eigenvalue weighted by Crippen LogP contribution is -2.14. The Morgan fingerprint density at radius 3 is 2.75 bits per heavy atom. The summed E-state index contributed by atoms with van der Waals surface area (Å²) in [7, 11) is 0. The van der Waals surface area contributed by atoms with Gasteiger partial charge >= 0.3 is 0 Å². The van der Waals surface area contributed by atoms with Crippen molar-refractivity contribution in [1.29, 1.82) is 0 Å². The van der Waals surface area contributed by atoms with Gasteiger partial charge in [-0.05, 0) is 40.9 Å². The first-order valence-corrected chi connectivity index (χ1v) is 6.15. The van der Waals surface area contributed by atoms with Crippen molar-refractivity contribution in [3.63, 3.8) is 0 Å². The smallest absolute Gasteiger partial charge is 0.132 e. The van der Waals surface area contributed by atoms with Crippen LogP contribution in [0.5, 0.6) is 0 Å². The largest absolute Gasteiger partial charge is 0.320 e. The number of nitrogens with two attached hydrogens (primary N) is 1. The van der Waals surface area contributed by atoms with Gasteiger partial charge < -0.3 is 5.73 Å². The highest BCUT2D eigenvalue weighted by atomic mass is 35.5. The molecule has 1 aromatic carbocycles. The van der Waals surface area contributed by atoms with Crippen molar-refractivity contribution < 1.29 is 4.39 Å². The van der Waals surface area contributed by atoms with Crippen molar-refractivity contribution in [2.24, 2.45) is 5.73 Å². The third-order valence-corrected chi connectivity index (χ3v) is 3.56. The molecular formula is C12H11ClFNS. The highest BCUT2D eigenvalue weighted by Crippen LogP contribution is 2.31. The van der Waals surface area contributed by atoms with E-state index in [0.29, 0.717) is 16.1 Å². The van der Waals surface area contributed by atoms with E-state index >= 15 is 0 Å². The highest BCUT2D eigenvalue weighted by Gasteiger charge is 2.18. The van der Waals surface area contributed by atoms with Crippen LogP contribution in [0.2, 0.25) is 5.02 Å². The first kappa shape index (κ1) is 11.6. The van der Waals surface area contributed by atoms with E-state index in [1.165, 1.54) is 11.3 Å². The zero-order chi connectivity index (χ0) is 11.7. The van der Waals surface area contributed by atoms with E-state index in [1.807, 2.05) is 16.8 Å². The van der Waals surface area contributed by atoms with Crippen molar-refractivity contribution in [1.82, 2.24) is 0 Å². The Morgan fingerprint density at radius 2 is 2.12 bits per heavy atom. The molecule has 16 heavy (non-hydrogen) atoms. The van der Waals surface area contributed by atoms with Crippen LogP contribution >= 0.6 is 22.9 Å². The van der Waals surface area contributed by atoms with Crippen molar-refractivity contribution in [3.8, 4) is 0 Å². The normalized spacial score (nSPS) is 12.8. The molecule has 0 aliphatic carbocycles. The van der Waals surface area contributed by atoms with Gasteiger partial charge in [-0.3, -0.25) is 0 Å². The first-order chi connectivity index (χ1) is 7.61. The van der Waals surface area contributed by atoms with Gasteiger partial charge in [-0.2, -0.15) is 11.3 Å². The number of thiophene rings is 1. The Balaban J connectivity index is 2.52. The van der Waals surface area contributed by atoms with Gasteiger partial charge in [0.2, 0.25) is 0 Å². The lowest BCUT2D eigenvalue weighted by atomic mass is 9.99. The second-order valence-corrected chi connectivity index (χ2v) is 4.81. The van der Waals surface area contributed by atoms with Crippen LogP contribution in [0.1, 0.15) is 22.7 Å². The van der Waals surface area contributed by atoms with Gasteiger partial charge in [-0.1, -0.05) is 17.7 Å². The van der Waals surface area contributed by atoms with Crippen LogP contribution in [0.3, 0.4) is 0 Å². The first-order valence-electron chi connectivity index (χ1n) is 4.83. The van der Waals surface area contributed by atoms with Crippen molar-refractivity contribution in [2.45, 2.75) is 13.0 Å². The Morgan fingerprint density at radius 1 is 1.38 bits per heavy atom. The molecule has 84 valence electrons. The summed E-state index contributed by atoms with van der Waals surface area (Å²) in [6.45, 7) is 1.70. The van der Waals surface area contributed by atoms with E-state index in [0.717, 1.165) is 5.56 Å². The van der Waals surface area contributed by atoms with E-state index in [4.69, 9.17) is 17.3 Å². The molecule has 0 unspecified atom stereocenters. The van der Waals surface area contributed by atoms with E-state index in [2.05, 4.69) is 0 Å². The molecule has 0 saturated carbocycles. The summed E-state index contributed by atoms with van der Waals surface area (Å²) >= 11 is 7.53. The number of halogens is 2. The minimum atomic E-state index is -0.501. The molecule has 0 radical (unpaired) electrons. The van der Waals surface area contributed by atoms with Gasteiger partial charge in [0.05, 0.1) is 6.04 Å². The molecule has 0 aliphatic heterocycles. The maximum atomic E-state index is 13.9. The van der Waals surface area contributed by atoms with Crippen LogP contribution in [0.4, 0.5) is 4.39 Å². The lowest BCUT2D eigenvalue weighted by molar-refractivity contribution is 0.591. The van der Waals surface area contributed by atoms with Crippen LogP contribution in [-0.4, -0.2) is 0 Å². The minimum Gasteiger partial charge on any atom is -0.320 e. The van der Waals surface area contributed by atoms with Crippen LogP contribution in [0, 0.1) is 12.7 Å². The van der Waals surface area contributed by atoms with Gasteiger partial charge in [0.25, 0.3) is 0 Å². The maximum Gasteiger partial charge on any atom is 0.132 e. The van der Waals surface area contributed by atoms with Gasteiger partial charge in [-0.25, -0.2) is 4.39 Å². The molecule has 0 saturated heterocycles. The average molecular weight is 256 g/mol. The van der Waals surface area contributed by atoms with Crippen molar-refractivity contribution >= 4 is 22.9 Å². The van der Waals surface area contributed by atoms with Gasteiger partial charge in [0.15, 0.2) is 0 Å². The number of aryl methyl sites for hydroxylation is 1. The molecule has 1 nitrogen and oxygen atoms in total. The summed E-state index contributed by atoms with van der Waals surface area (Å²) in [5.74, 6) is -0.314. The maximum absolute atomic E-state index is 13.9. The van der Waals surface area contributed by atoms with Crippen LogP contribution in [0.25, 0.3) is 0 Å². The van der Waals surface area contributed by atoms with Crippen LogP contribution in [0.15, 0.2) is 29.0 Å². The van der Waals surface area contributed by atoms with E-state index in [1.54, 1.807) is 19.1 Å².